The predicted molar refractivity (Wildman–Crippen MR) is 92.4 cm³/mol. The average molecular weight is 314 g/mol. The van der Waals surface area contributed by atoms with Crippen molar-refractivity contribution in [3.63, 3.8) is 0 Å². The van der Waals surface area contributed by atoms with Crippen molar-refractivity contribution in [3.8, 4) is 0 Å². The number of hydrogen-bond acceptors (Lipinski definition) is 3. The monoisotopic (exact) mass is 314 g/mol. The molecular weight excluding hydrogens is 288 g/mol. The van der Waals surface area contributed by atoms with Crippen molar-refractivity contribution in [2.24, 2.45) is 11.8 Å². The number of aromatic nitrogens is 2. The lowest BCUT2D eigenvalue weighted by Crippen LogP contribution is -2.49. The number of para-hydroxylation sites is 2. The van der Waals surface area contributed by atoms with Gasteiger partial charge in [0.2, 0.25) is 5.91 Å². The van der Waals surface area contributed by atoms with E-state index in [9.17, 15) is 4.79 Å². The highest BCUT2D eigenvalue weighted by molar-refractivity contribution is 5.79. The molecule has 23 heavy (non-hydrogen) atoms. The van der Waals surface area contributed by atoms with E-state index in [0.717, 1.165) is 36.4 Å². The lowest BCUT2D eigenvalue weighted by atomic mass is 9.88. The zero-order valence-electron chi connectivity index (χ0n) is 14.2. The fraction of sp³-hybridized carbons (Fsp3) is 0.556. The Labute approximate surface area is 137 Å². The zero-order valence-corrected chi connectivity index (χ0v) is 14.2. The molecule has 0 spiro atoms. The third-order valence-electron chi connectivity index (χ3n) is 4.77. The van der Waals surface area contributed by atoms with Crippen LogP contribution < -0.4 is 10.6 Å². The minimum Gasteiger partial charge on any atom is -0.355 e. The maximum Gasteiger partial charge on any atom is 0.223 e. The molecule has 1 fully saturated rings. The molecule has 0 radical (unpaired) electrons. The number of hydrogen-bond donors (Lipinski definition) is 2. The third-order valence-corrected chi connectivity index (χ3v) is 4.77. The molecule has 2 N–H and O–H groups in total. The number of imidazole rings is 1. The molecule has 5 nitrogen and oxygen atoms in total. The van der Waals surface area contributed by atoms with Gasteiger partial charge in [0.1, 0.15) is 5.82 Å². The number of fused-ring (bicyclic) bond motifs is 1. The van der Waals surface area contributed by atoms with Gasteiger partial charge < -0.3 is 15.2 Å². The smallest absolute Gasteiger partial charge is 0.223 e. The minimum atomic E-state index is 0.0835. The average Bonchev–Trinajstić information content (AvgIpc) is 2.83. The van der Waals surface area contributed by atoms with Gasteiger partial charge in [0, 0.05) is 24.9 Å². The zero-order chi connectivity index (χ0) is 16.4. The second-order valence-electron chi connectivity index (χ2n) is 6.73. The second-order valence-corrected chi connectivity index (χ2v) is 6.73. The summed E-state index contributed by atoms with van der Waals surface area (Å²) in [5, 5.41) is 6.29. The summed E-state index contributed by atoms with van der Waals surface area (Å²) in [5.41, 5.74) is 2.19. The summed E-state index contributed by atoms with van der Waals surface area (Å²) in [5.74, 6) is 1.76. The first-order valence-electron chi connectivity index (χ1n) is 8.52. The van der Waals surface area contributed by atoms with E-state index in [0.29, 0.717) is 18.5 Å². The van der Waals surface area contributed by atoms with E-state index in [1.165, 1.54) is 0 Å². The molecule has 0 saturated carbocycles. The van der Waals surface area contributed by atoms with Crippen molar-refractivity contribution in [3.05, 3.63) is 30.1 Å². The largest absolute Gasteiger partial charge is 0.355 e. The lowest BCUT2D eigenvalue weighted by Gasteiger charge is -2.31. The summed E-state index contributed by atoms with van der Waals surface area (Å²) in [7, 11) is 0. The molecule has 1 aliphatic heterocycles. The van der Waals surface area contributed by atoms with Crippen molar-refractivity contribution in [1.82, 2.24) is 20.2 Å². The molecule has 0 bridgehead atoms. The molecule has 1 amide bonds. The number of amides is 1. The highest BCUT2D eigenvalue weighted by Crippen LogP contribution is 2.21. The Kier molecular flexibility index (Phi) is 4.66. The van der Waals surface area contributed by atoms with Crippen LogP contribution in [0, 0.1) is 11.8 Å². The van der Waals surface area contributed by atoms with Crippen LogP contribution in [0.1, 0.15) is 32.6 Å². The molecule has 1 aromatic carbocycles. The second kappa shape index (κ2) is 6.71. The summed E-state index contributed by atoms with van der Waals surface area (Å²) in [4.78, 5) is 16.9. The molecule has 5 heteroatoms. The van der Waals surface area contributed by atoms with Gasteiger partial charge >= 0.3 is 0 Å². The fourth-order valence-electron chi connectivity index (χ4n) is 3.18. The lowest BCUT2D eigenvalue weighted by molar-refractivity contribution is -0.126. The molecule has 1 unspecified atom stereocenters. The fourth-order valence-corrected chi connectivity index (χ4v) is 3.18. The first kappa shape index (κ1) is 16.0. The summed E-state index contributed by atoms with van der Waals surface area (Å²) in [6, 6.07) is 8.56. The summed E-state index contributed by atoms with van der Waals surface area (Å²) < 4.78 is 2.26. The Hall–Kier alpha value is -1.88. The van der Waals surface area contributed by atoms with Crippen LogP contribution in [0.4, 0.5) is 0 Å². The minimum absolute atomic E-state index is 0.0835. The maximum atomic E-state index is 12.2. The Balaban J connectivity index is 1.65. The molecule has 1 saturated heterocycles. The quantitative estimate of drug-likeness (QED) is 0.859. The molecule has 2 aromatic rings. The van der Waals surface area contributed by atoms with Gasteiger partial charge in [-0.25, -0.2) is 4.98 Å². The van der Waals surface area contributed by atoms with E-state index < -0.39 is 0 Å². The highest BCUT2D eigenvalue weighted by atomic mass is 16.1. The van der Waals surface area contributed by atoms with Crippen LogP contribution in [0.3, 0.4) is 0 Å². The first-order valence-corrected chi connectivity index (χ1v) is 8.52. The van der Waals surface area contributed by atoms with Crippen molar-refractivity contribution in [2.45, 2.75) is 33.2 Å². The molecule has 1 aliphatic rings. The predicted octanol–water partition coefficient (Wildman–Crippen LogP) is 2.13. The van der Waals surface area contributed by atoms with Gasteiger partial charge in [-0.1, -0.05) is 19.1 Å². The molecule has 1 atom stereocenters. The van der Waals surface area contributed by atoms with Crippen LogP contribution in [0.25, 0.3) is 11.0 Å². The van der Waals surface area contributed by atoms with Gasteiger partial charge in [-0.3, -0.25) is 4.79 Å². The van der Waals surface area contributed by atoms with Crippen LogP contribution in [0.5, 0.6) is 0 Å². The number of carbonyl (C=O) groups excluding carboxylic acids is 1. The van der Waals surface area contributed by atoms with Crippen LogP contribution >= 0.6 is 0 Å². The molecule has 1 aromatic heterocycles. The van der Waals surface area contributed by atoms with Crippen molar-refractivity contribution >= 4 is 16.9 Å². The topological polar surface area (TPSA) is 59.0 Å². The number of nitrogens with zero attached hydrogens (tertiary/aromatic N) is 2. The van der Waals surface area contributed by atoms with E-state index in [-0.39, 0.29) is 11.8 Å². The normalized spacial score (nSPS) is 16.5. The number of benzene rings is 1. The van der Waals surface area contributed by atoms with E-state index in [2.05, 4.69) is 35.1 Å². The number of rotatable bonds is 6. The van der Waals surface area contributed by atoms with Crippen molar-refractivity contribution in [1.29, 1.82) is 0 Å². The Bertz CT molecular complexity index is 687. The molecule has 2 heterocycles. The standard InChI is InChI=1S/C18H26N4O/c1-12(2)22-16-7-5-4-6-15(16)21-17(22)8-9-20-18(23)13(3)14-10-19-11-14/h4-7,12-14,19H,8-11H2,1-3H3,(H,20,23). The summed E-state index contributed by atoms with van der Waals surface area (Å²) >= 11 is 0. The number of nitrogens with one attached hydrogen (secondary N) is 2. The molecule has 0 aliphatic carbocycles. The Morgan fingerprint density at radius 1 is 1.35 bits per heavy atom. The van der Waals surface area contributed by atoms with Crippen molar-refractivity contribution in [2.75, 3.05) is 19.6 Å². The SMILES string of the molecule is CC(C(=O)NCCc1nc2ccccc2n1C(C)C)C1CNC1. The first-order chi connectivity index (χ1) is 11.1. The van der Waals surface area contributed by atoms with Crippen molar-refractivity contribution < 1.29 is 4.79 Å². The van der Waals surface area contributed by atoms with Crippen LogP contribution in [-0.4, -0.2) is 35.1 Å². The van der Waals surface area contributed by atoms with Gasteiger partial charge in [-0.05, 0) is 45.0 Å². The van der Waals surface area contributed by atoms with E-state index >= 15 is 0 Å². The highest BCUT2D eigenvalue weighted by Gasteiger charge is 2.28. The van der Waals surface area contributed by atoms with Gasteiger partial charge in [-0.2, -0.15) is 0 Å². The van der Waals surface area contributed by atoms with Gasteiger partial charge in [0.15, 0.2) is 0 Å². The van der Waals surface area contributed by atoms with E-state index in [1.807, 2.05) is 25.1 Å². The Morgan fingerprint density at radius 3 is 2.74 bits per heavy atom. The van der Waals surface area contributed by atoms with Gasteiger partial charge in [-0.15, -0.1) is 0 Å². The summed E-state index contributed by atoms with van der Waals surface area (Å²) in [6.07, 6.45) is 0.758. The molecule has 3 rings (SSSR count). The molecule has 124 valence electrons. The Morgan fingerprint density at radius 2 is 2.09 bits per heavy atom. The summed E-state index contributed by atoms with van der Waals surface area (Å²) in [6.45, 7) is 8.91. The van der Waals surface area contributed by atoms with Gasteiger partial charge in [0.05, 0.1) is 11.0 Å². The van der Waals surface area contributed by atoms with Crippen LogP contribution in [0.15, 0.2) is 24.3 Å². The maximum absolute atomic E-state index is 12.2. The van der Waals surface area contributed by atoms with Crippen LogP contribution in [0.2, 0.25) is 0 Å². The van der Waals surface area contributed by atoms with E-state index in [1.54, 1.807) is 0 Å². The van der Waals surface area contributed by atoms with E-state index in [4.69, 9.17) is 4.98 Å². The van der Waals surface area contributed by atoms with Gasteiger partial charge in [0.25, 0.3) is 0 Å². The van der Waals surface area contributed by atoms with Crippen LogP contribution in [-0.2, 0) is 11.2 Å². The molecular formula is C18H26N4O. The number of carbonyl (C=O) groups is 1. The third kappa shape index (κ3) is 3.24.